The van der Waals surface area contributed by atoms with Crippen molar-refractivity contribution in [3.63, 3.8) is 0 Å². The highest BCUT2D eigenvalue weighted by atomic mass is 35.5. The van der Waals surface area contributed by atoms with Gasteiger partial charge in [0, 0.05) is 10.6 Å². The topological polar surface area (TPSA) is 55.8 Å². The lowest BCUT2D eigenvalue weighted by molar-refractivity contribution is -0.150. The lowest BCUT2D eigenvalue weighted by atomic mass is 10.1. The smallest absolute Gasteiger partial charge is 0.339 e. The third-order valence-corrected chi connectivity index (χ3v) is 3.10. The summed E-state index contributed by atoms with van der Waals surface area (Å²) in [6.45, 7) is 0.600. The number of hydrogen-bond acceptors (Lipinski definition) is 4. The summed E-state index contributed by atoms with van der Waals surface area (Å²) >= 11 is 5.87. The van der Waals surface area contributed by atoms with Crippen molar-refractivity contribution >= 4 is 17.6 Å². The van der Waals surface area contributed by atoms with Crippen molar-refractivity contribution < 1.29 is 19.4 Å². The fourth-order valence-corrected chi connectivity index (χ4v) is 1.78. The molecule has 1 aromatic rings. The molecule has 0 aromatic heterocycles. The van der Waals surface area contributed by atoms with Crippen LogP contribution in [0.15, 0.2) is 18.2 Å². The van der Waals surface area contributed by atoms with Crippen molar-refractivity contribution in [2.24, 2.45) is 5.92 Å². The Hall–Kier alpha value is -1.26. The molecular formula is C13H15ClO4. The standard InChI is InChI=1S/C13H15ClO4/c1-17-13(16)12(15)10-6-9(14)4-5-11(10)18-7-8-2-3-8/h4-6,8,12,15H,2-3,7H2,1H3. The molecule has 2 rings (SSSR count). The van der Waals surface area contributed by atoms with Crippen molar-refractivity contribution in [1.82, 2.24) is 0 Å². The van der Waals surface area contributed by atoms with Gasteiger partial charge in [0.25, 0.3) is 0 Å². The first-order chi connectivity index (χ1) is 8.61. The van der Waals surface area contributed by atoms with Crippen molar-refractivity contribution in [2.45, 2.75) is 18.9 Å². The second kappa shape index (κ2) is 5.59. The lowest BCUT2D eigenvalue weighted by Gasteiger charge is -2.15. The van der Waals surface area contributed by atoms with Crippen LogP contribution in [0.4, 0.5) is 0 Å². The van der Waals surface area contributed by atoms with Crippen LogP contribution < -0.4 is 4.74 Å². The molecular weight excluding hydrogens is 256 g/mol. The van der Waals surface area contributed by atoms with Crippen LogP contribution in [-0.2, 0) is 9.53 Å². The van der Waals surface area contributed by atoms with E-state index in [9.17, 15) is 9.90 Å². The number of aliphatic hydroxyl groups is 1. The third-order valence-electron chi connectivity index (χ3n) is 2.86. The summed E-state index contributed by atoms with van der Waals surface area (Å²) in [4.78, 5) is 11.4. The molecule has 1 N–H and O–H groups in total. The van der Waals surface area contributed by atoms with Crippen LogP contribution in [0, 0.1) is 5.92 Å². The van der Waals surface area contributed by atoms with Gasteiger partial charge in [-0.3, -0.25) is 0 Å². The molecule has 1 aliphatic rings. The van der Waals surface area contributed by atoms with Crippen LogP contribution in [0.1, 0.15) is 24.5 Å². The van der Waals surface area contributed by atoms with E-state index in [0.717, 1.165) is 0 Å². The van der Waals surface area contributed by atoms with E-state index < -0.39 is 12.1 Å². The van der Waals surface area contributed by atoms with Gasteiger partial charge < -0.3 is 14.6 Å². The zero-order chi connectivity index (χ0) is 13.1. The van der Waals surface area contributed by atoms with Gasteiger partial charge in [-0.15, -0.1) is 0 Å². The summed E-state index contributed by atoms with van der Waals surface area (Å²) in [5, 5.41) is 10.3. The Morgan fingerprint density at radius 1 is 1.56 bits per heavy atom. The summed E-state index contributed by atoms with van der Waals surface area (Å²) in [5.41, 5.74) is 0.343. The first-order valence-electron chi connectivity index (χ1n) is 5.80. The van der Waals surface area contributed by atoms with Gasteiger partial charge in [0.15, 0.2) is 6.10 Å². The summed E-state index contributed by atoms with van der Waals surface area (Å²) in [5.74, 6) is 0.335. The molecule has 0 heterocycles. The fourth-order valence-electron chi connectivity index (χ4n) is 1.60. The molecule has 0 radical (unpaired) electrons. The first kappa shape index (κ1) is 13.2. The van der Waals surface area contributed by atoms with Gasteiger partial charge in [0.1, 0.15) is 5.75 Å². The molecule has 1 saturated carbocycles. The number of hydrogen-bond donors (Lipinski definition) is 1. The predicted octanol–water partition coefficient (Wildman–Crippen LogP) is 2.34. The average molecular weight is 271 g/mol. The van der Waals surface area contributed by atoms with Crippen LogP contribution in [0.25, 0.3) is 0 Å². The second-order valence-corrected chi connectivity index (χ2v) is 4.80. The maximum absolute atomic E-state index is 11.4. The van der Waals surface area contributed by atoms with E-state index in [1.165, 1.54) is 26.0 Å². The van der Waals surface area contributed by atoms with Crippen molar-refractivity contribution in [3.8, 4) is 5.75 Å². The highest BCUT2D eigenvalue weighted by Crippen LogP contribution is 2.33. The summed E-state index contributed by atoms with van der Waals surface area (Å²) in [7, 11) is 1.22. The monoisotopic (exact) mass is 270 g/mol. The van der Waals surface area contributed by atoms with E-state index >= 15 is 0 Å². The molecule has 1 fully saturated rings. The minimum atomic E-state index is -1.37. The minimum Gasteiger partial charge on any atom is -0.493 e. The van der Waals surface area contributed by atoms with Crippen LogP contribution in [-0.4, -0.2) is 24.8 Å². The number of aliphatic hydroxyl groups excluding tert-OH is 1. The highest BCUT2D eigenvalue weighted by molar-refractivity contribution is 6.30. The molecule has 0 saturated heterocycles. The van der Waals surface area contributed by atoms with E-state index in [-0.39, 0.29) is 0 Å². The SMILES string of the molecule is COC(=O)C(O)c1cc(Cl)ccc1OCC1CC1. The summed E-state index contributed by atoms with van der Waals surface area (Å²) < 4.78 is 10.1. The number of esters is 1. The van der Waals surface area contributed by atoms with Gasteiger partial charge in [-0.2, -0.15) is 0 Å². The normalized spacial score (nSPS) is 16.2. The molecule has 4 nitrogen and oxygen atoms in total. The van der Waals surface area contributed by atoms with Crippen LogP contribution in [0.3, 0.4) is 0 Å². The molecule has 0 bridgehead atoms. The molecule has 5 heteroatoms. The molecule has 1 atom stereocenters. The lowest BCUT2D eigenvalue weighted by Crippen LogP contribution is -2.15. The number of carbonyl (C=O) groups excluding carboxylic acids is 1. The number of benzene rings is 1. The predicted molar refractivity (Wildman–Crippen MR) is 66.6 cm³/mol. The van der Waals surface area contributed by atoms with E-state index in [4.69, 9.17) is 16.3 Å². The Kier molecular flexibility index (Phi) is 4.09. The maximum atomic E-state index is 11.4. The fraction of sp³-hybridized carbons (Fsp3) is 0.462. The largest absolute Gasteiger partial charge is 0.493 e. The molecule has 1 aliphatic carbocycles. The highest BCUT2D eigenvalue weighted by Gasteiger charge is 2.25. The van der Waals surface area contributed by atoms with E-state index in [2.05, 4.69) is 4.74 Å². The van der Waals surface area contributed by atoms with Gasteiger partial charge in [0.05, 0.1) is 13.7 Å². The minimum absolute atomic E-state index is 0.343. The van der Waals surface area contributed by atoms with Crippen molar-refractivity contribution in [3.05, 3.63) is 28.8 Å². The number of methoxy groups -OCH3 is 1. The number of ether oxygens (including phenoxy) is 2. The molecule has 0 aliphatic heterocycles. The molecule has 0 amide bonds. The van der Waals surface area contributed by atoms with E-state index in [1.807, 2.05) is 0 Å². The molecule has 18 heavy (non-hydrogen) atoms. The average Bonchev–Trinajstić information content (AvgIpc) is 3.19. The van der Waals surface area contributed by atoms with Crippen LogP contribution >= 0.6 is 11.6 Å². The van der Waals surface area contributed by atoms with Gasteiger partial charge in [-0.1, -0.05) is 11.6 Å². The Balaban J connectivity index is 2.18. The quantitative estimate of drug-likeness (QED) is 0.835. The van der Waals surface area contributed by atoms with Gasteiger partial charge >= 0.3 is 5.97 Å². The zero-order valence-electron chi connectivity index (χ0n) is 10.1. The number of carbonyl (C=O) groups is 1. The first-order valence-corrected chi connectivity index (χ1v) is 6.17. The summed E-state index contributed by atoms with van der Waals surface area (Å²) in [6.07, 6.45) is 0.966. The van der Waals surface area contributed by atoms with E-state index in [1.54, 1.807) is 12.1 Å². The van der Waals surface area contributed by atoms with Gasteiger partial charge in [-0.25, -0.2) is 4.79 Å². The number of rotatable bonds is 5. The Labute approximate surface area is 110 Å². The van der Waals surface area contributed by atoms with Crippen molar-refractivity contribution in [2.75, 3.05) is 13.7 Å². The number of halogens is 1. The van der Waals surface area contributed by atoms with Crippen LogP contribution in [0.2, 0.25) is 5.02 Å². The van der Waals surface area contributed by atoms with E-state index in [0.29, 0.717) is 28.9 Å². The van der Waals surface area contributed by atoms with Crippen LogP contribution in [0.5, 0.6) is 5.75 Å². The Morgan fingerprint density at radius 3 is 2.89 bits per heavy atom. The summed E-state index contributed by atoms with van der Waals surface area (Å²) in [6, 6.07) is 4.84. The molecule has 1 aromatic carbocycles. The van der Waals surface area contributed by atoms with Gasteiger partial charge in [-0.05, 0) is 37.0 Å². The molecule has 0 spiro atoms. The van der Waals surface area contributed by atoms with Crippen molar-refractivity contribution in [1.29, 1.82) is 0 Å². The molecule has 1 unspecified atom stereocenters. The molecule has 98 valence electrons. The second-order valence-electron chi connectivity index (χ2n) is 4.36. The van der Waals surface area contributed by atoms with Gasteiger partial charge in [0.2, 0.25) is 0 Å². The third kappa shape index (κ3) is 3.15. The Bertz CT molecular complexity index is 443. The zero-order valence-corrected chi connectivity index (χ0v) is 10.8. The maximum Gasteiger partial charge on any atom is 0.339 e. The Morgan fingerprint density at radius 2 is 2.28 bits per heavy atom.